The Morgan fingerprint density at radius 2 is 2.11 bits per heavy atom. The molecule has 0 spiro atoms. The Morgan fingerprint density at radius 1 is 1.56 bits per heavy atom. The zero-order valence-electron chi connectivity index (χ0n) is 11.9. The van der Waals surface area contributed by atoms with Crippen molar-refractivity contribution in [3.05, 3.63) is 0 Å². The summed E-state index contributed by atoms with van der Waals surface area (Å²) < 4.78 is 10.1. The van der Waals surface area contributed by atoms with Crippen molar-refractivity contribution < 1.29 is 14.3 Å². The molecule has 0 radical (unpaired) electrons. The summed E-state index contributed by atoms with van der Waals surface area (Å²) in [5, 5.41) is 0. The second-order valence-electron chi connectivity index (χ2n) is 5.47. The number of hydrogen-bond acceptors (Lipinski definition) is 5. The Balaban J connectivity index is 2.52. The van der Waals surface area contributed by atoms with Crippen LogP contribution in [0.25, 0.3) is 0 Å². The average Bonchev–Trinajstić information content (AvgIpc) is 2.37. The van der Waals surface area contributed by atoms with E-state index >= 15 is 0 Å². The van der Waals surface area contributed by atoms with E-state index in [1.54, 1.807) is 6.92 Å². The maximum Gasteiger partial charge on any atom is 0.325 e. The molecule has 5 nitrogen and oxygen atoms in total. The normalized spacial score (nSPS) is 22.6. The molecule has 1 heterocycles. The zero-order chi connectivity index (χ0) is 13.8. The summed E-state index contributed by atoms with van der Waals surface area (Å²) in [6.45, 7) is 5.47. The van der Waals surface area contributed by atoms with E-state index in [0.29, 0.717) is 12.5 Å². The molecule has 1 aliphatic heterocycles. The molecule has 2 unspecified atom stereocenters. The molecule has 2 atom stereocenters. The van der Waals surface area contributed by atoms with E-state index in [4.69, 9.17) is 15.2 Å². The molecular weight excluding hydrogens is 232 g/mol. The molecule has 0 amide bonds. The third-order valence-electron chi connectivity index (χ3n) is 3.83. The van der Waals surface area contributed by atoms with Crippen LogP contribution in [0.2, 0.25) is 0 Å². The van der Waals surface area contributed by atoms with Gasteiger partial charge in [-0.15, -0.1) is 0 Å². The summed E-state index contributed by atoms with van der Waals surface area (Å²) in [5.74, 6) is -0.352. The van der Waals surface area contributed by atoms with Crippen molar-refractivity contribution >= 4 is 5.97 Å². The molecule has 0 aromatic heterocycles. The lowest BCUT2D eigenvalue weighted by molar-refractivity contribution is -0.147. The summed E-state index contributed by atoms with van der Waals surface area (Å²) in [7, 11) is 3.47. The number of nitrogens with two attached hydrogens (primary N) is 1. The largest absolute Gasteiger partial charge is 0.468 e. The van der Waals surface area contributed by atoms with Gasteiger partial charge in [-0.05, 0) is 40.2 Å². The Kier molecular flexibility index (Phi) is 5.56. The fourth-order valence-corrected chi connectivity index (χ4v) is 2.53. The van der Waals surface area contributed by atoms with Gasteiger partial charge < -0.3 is 20.1 Å². The van der Waals surface area contributed by atoms with Crippen LogP contribution in [0.15, 0.2) is 0 Å². The number of carbonyl (C=O) groups is 1. The average molecular weight is 258 g/mol. The van der Waals surface area contributed by atoms with Crippen molar-refractivity contribution in [3.63, 3.8) is 0 Å². The zero-order valence-corrected chi connectivity index (χ0v) is 11.9. The molecular formula is C13H26N2O3. The van der Waals surface area contributed by atoms with E-state index in [9.17, 15) is 4.79 Å². The summed E-state index contributed by atoms with van der Waals surface area (Å²) in [6, 6.07) is 0.754. The van der Waals surface area contributed by atoms with Crippen LogP contribution in [0.4, 0.5) is 0 Å². The van der Waals surface area contributed by atoms with E-state index < -0.39 is 5.54 Å². The van der Waals surface area contributed by atoms with Gasteiger partial charge in [-0.25, -0.2) is 0 Å². The van der Waals surface area contributed by atoms with Crippen molar-refractivity contribution in [1.82, 2.24) is 4.90 Å². The van der Waals surface area contributed by atoms with Crippen molar-refractivity contribution in [1.29, 1.82) is 0 Å². The molecule has 18 heavy (non-hydrogen) atoms. The molecule has 1 saturated heterocycles. The molecule has 1 fully saturated rings. The summed E-state index contributed by atoms with van der Waals surface area (Å²) in [4.78, 5) is 13.9. The SMILES string of the molecule is COC(=O)C(C)(N)CC(C)N(C)C1CCOCC1. The monoisotopic (exact) mass is 258 g/mol. The van der Waals surface area contributed by atoms with Gasteiger partial charge in [0.2, 0.25) is 0 Å². The van der Waals surface area contributed by atoms with Crippen molar-refractivity contribution in [2.75, 3.05) is 27.4 Å². The molecule has 1 aliphatic rings. The molecule has 2 N–H and O–H groups in total. The van der Waals surface area contributed by atoms with Crippen LogP contribution in [0.1, 0.15) is 33.1 Å². The van der Waals surface area contributed by atoms with E-state index in [0.717, 1.165) is 26.1 Å². The van der Waals surface area contributed by atoms with Crippen LogP contribution in [-0.4, -0.2) is 55.9 Å². The Hall–Kier alpha value is -0.650. The molecule has 0 saturated carbocycles. The summed E-state index contributed by atoms with van der Waals surface area (Å²) in [6.07, 6.45) is 2.67. The van der Waals surface area contributed by atoms with E-state index in [2.05, 4.69) is 18.9 Å². The van der Waals surface area contributed by atoms with Crippen LogP contribution in [-0.2, 0) is 14.3 Å². The van der Waals surface area contributed by atoms with Gasteiger partial charge in [0.05, 0.1) is 7.11 Å². The highest BCUT2D eigenvalue weighted by Crippen LogP contribution is 2.20. The first kappa shape index (κ1) is 15.4. The van der Waals surface area contributed by atoms with Crippen LogP contribution in [0, 0.1) is 0 Å². The van der Waals surface area contributed by atoms with Crippen LogP contribution in [0.5, 0.6) is 0 Å². The molecule has 1 rings (SSSR count). The van der Waals surface area contributed by atoms with E-state index in [-0.39, 0.29) is 12.0 Å². The van der Waals surface area contributed by atoms with Gasteiger partial charge in [-0.2, -0.15) is 0 Å². The first-order valence-electron chi connectivity index (χ1n) is 6.55. The molecule has 5 heteroatoms. The highest BCUT2D eigenvalue weighted by atomic mass is 16.5. The van der Waals surface area contributed by atoms with Gasteiger partial charge in [0.1, 0.15) is 5.54 Å². The van der Waals surface area contributed by atoms with Gasteiger partial charge in [-0.1, -0.05) is 0 Å². The molecule has 0 aromatic rings. The number of methoxy groups -OCH3 is 1. The highest BCUT2D eigenvalue weighted by molar-refractivity contribution is 5.79. The van der Waals surface area contributed by atoms with Gasteiger partial charge in [0.15, 0.2) is 0 Å². The predicted octanol–water partition coefficient (Wildman–Crippen LogP) is 0.766. The summed E-state index contributed by atoms with van der Waals surface area (Å²) in [5.41, 5.74) is 5.09. The molecule has 106 valence electrons. The third-order valence-corrected chi connectivity index (χ3v) is 3.83. The van der Waals surface area contributed by atoms with Gasteiger partial charge in [-0.3, -0.25) is 4.79 Å². The van der Waals surface area contributed by atoms with E-state index in [1.165, 1.54) is 7.11 Å². The quantitative estimate of drug-likeness (QED) is 0.738. The number of nitrogens with zero attached hydrogens (tertiary/aromatic N) is 1. The smallest absolute Gasteiger partial charge is 0.325 e. The second-order valence-corrected chi connectivity index (χ2v) is 5.47. The highest BCUT2D eigenvalue weighted by Gasteiger charge is 2.34. The van der Waals surface area contributed by atoms with Gasteiger partial charge >= 0.3 is 5.97 Å². The number of hydrogen-bond donors (Lipinski definition) is 1. The minimum Gasteiger partial charge on any atom is -0.468 e. The molecule has 0 bridgehead atoms. The lowest BCUT2D eigenvalue weighted by Gasteiger charge is -2.38. The van der Waals surface area contributed by atoms with Crippen molar-refractivity contribution in [2.24, 2.45) is 5.73 Å². The predicted molar refractivity (Wildman–Crippen MR) is 70.3 cm³/mol. The number of rotatable bonds is 5. The minimum absolute atomic E-state index is 0.238. The summed E-state index contributed by atoms with van der Waals surface area (Å²) >= 11 is 0. The fraction of sp³-hybridized carbons (Fsp3) is 0.923. The minimum atomic E-state index is -0.923. The number of esters is 1. The molecule has 0 aromatic carbocycles. The Bertz CT molecular complexity index is 275. The van der Waals surface area contributed by atoms with Gasteiger partial charge in [0.25, 0.3) is 0 Å². The second kappa shape index (κ2) is 6.50. The lowest BCUT2D eigenvalue weighted by atomic mass is 9.93. The maximum atomic E-state index is 11.6. The maximum absolute atomic E-state index is 11.6. The first-order chi connectivity index (χ1) is 8.38. The standard InChI is InChI=1S/C13H26N2O3/c1-10(9-13(2,14)12(16)17-4)15(3)11-5-7-18-8-6-11/h10-11H,5-9,14H2,1-4H3. The van der Waals surface area contributed by atoms with Crippen LogP contribution in [0.3, 0.4) is 0 Å². The fourth-order valence-electron chi connectivity index (χ4n) is 2.53. The Labute approximate surface area is 110 Å². The Morgan fingerprint density at radius 3 is 2.61 bits per heavy atom. The topological polar surface area (TPSA) is 64.8 Å². The van der Waals surface area contributed by atoms with Gasteiger partial charge in [0, 0.05) is 25.3 Å². The lowest BCUT2D eigenvalue weighted by Crippen LogP contribution is -2.52. The number of ether oxygens (including phenoxy) is 2. The number of carbonyl (C=O) groups excluding carboxylic acids is 1. The first-order valence-corrected chi connectivity index (χ1v) is 6.55. The van der Waals surface area contributed by atoms with Crippen LogP contribution >= 0.6 is 0 Å². The third kappa shape index (κ3) is 3.93. The van der Waals surface area contributed by atoms with Crippen molar-refractivity contribution in [2.45, 2.75) is 50.7 Å². The van der Waals surface area contributed by atoms with E-state index in [1.807, 2.05) is 0 Å². The van der Waals surface area contributed by atoms with Crippen molar-refractivity contribution in [3.8, 4) is 0 Å². The molecule has 0 aliphatic carbocycles. The van der Waals surface area contributed by atoms with Crippen LogP contribution < -0.4 is 5.73 Å².